The molecule has 122 valence electrons. The molecule has 0 spiro atoms. The van der Waals surface area contributed by atoms with E-state index in [0.29, 0.717) is 5.66 Å². The van der Waals surface area contributed by atoms with Gasteiger partial charge in [-0.2, -0.15) is 0 Å². The summed E-state index contributed by atoms with van der Waals surface area (Å²) < 4.78 is 3.94. The third-order valence-electron chi connectivity index (χ3n) is 4.01. The van der Waals surface area contributed by atoms with Gasteiger partial charge in [0.1, 0.15) is 5.82 Å². The largest absolute Gasteiger partial charge is 0.367 e. The molecule has 4 aromatic heterocycles. The average Bonchev–Trinajstić information content (AvgIpc) is 3.08. The molecule has 4 aromatic rings. The highest BCUT2D eigenvalue weighted by Gasteiger charge is 2.13. The lowest BCUT2D eigenvalue weighted by molar-refractivity contribution is 0.688. The zero-order valence-corrected chi connectivity index (χ0v) is 14.7. The monoisotopic (exact) mass is 339 g/mol. The lowest BCUT2D eigenvalue weighted by Gasteiger charge is -2.09. The van der Waals surface area contributed by atoms with Gasteiger partial charge in [-0.1, -0.05) is 6.92 Å². The van der Waals surface area contributed by atoms with Gasteiger partial charge in [0.2, 0.25) is 5.95 Å². The number of pyridine rings is 1. The van der Waals surface area contributed by atoms with Crippen LogP contribution < -0.4 is 5.73 Å². The van der Waals surface area contributed by atoms with Gasteiger partial charge in [0.25, 0.3) is 0 Å². The van der Waals surface area contributed by atoms with Crippen molar-refractivity contribution in [3.05, 3.63) is 36.5 Å². The summed E-state index contributed by atoms with van der Waals surface area (Å²) in [7, 11) is 2.83. The van der Waals surface area contributed by atoms with Crippen LogP contribution in [0.25, 0.3) is 27.8 Å². The zero-order valence-electron chi connectivity index (χ0n) is 13.5. The fourth-order valence-corrected chi connectivity index (χ4v) is 3.15. The maximum atomic E-state index is 5.65. The van der Waals surface area contributed by atoms with Crippen LogP contribution in [-0.2, 0) is 6.54 Å². The molecule has 2 N–H and O–H groups in total. The fourth-order valence-electron chi connectivity index (χ4n) is 2.94. The minimum Gasteiger partial charge on any atom is -0.367 e. The van der Waals surface area contributed by atoms with Crippen molar-refractivity contribution >= 4 is 31.9 Å². The molecule has 7 nitrogen and oxygen atoms in total. The van der Waals surface area contributed by atoms with Gasteiger partial charge < -0.3 is 10.3 Å². The Labute approximate surface area is 141 Å². The number of aryl methyl sites for hydroxylation is 1. The van der Waals surface area contributed by atoms with Crippen molar-refractivity contribution in [2.75, 3.05) is 5.73 Å². The van der Waals surface area contributed by atoms with Crippen LogP contribution in [0, 0.1) is 6.92 Å². The summed E-state index contributed by atoms with van der Waals surface area (Å²) in [4.78, 5) is 13.2. The molecular formula is C16H18N7P. The van der Waals surface area contributed by atoms with Gasteiger partial charge in [0, 0.05) is 30.1 Å². The Morgan fingerprint density at radius 3 is 2.88 bits per heavy atom. The quantitative estimate of drug-likeness (QED) is 0.579. The second-order valence-electron chi connectivity index (χ2n) is 5.99. The molecule has 4 heterocycles. The summed E-state index contributed by atoms with van der Waals surface area (Å²) in [6.45, 7) is 5.06. The summed E-state index contributed by atoms with van der Waals surface area (Å²) in [5.74, 6) is 1.23. The molecule has 4 rings (SSSR count). The first-order valence-corrected chi connectivity index (χ1v) is 8.38. The molecule has 0 aliphatic rings. The van der Waals surface area contributed by atoms with Gasteiger partial charge in [-0.05, 0) is 24.7 Å². The molecule has 0 aromatic carbocycles. The second kappa shape index (κ2) is 5.53. The van der Waals surface area contributed by atoms with Gasteiger partial charge in [-0.25, -0.2) is 19.5 Å². The molecule has 0 radical (unpaired) electrons. The minimum atomic E-state index is 0.251. The van der Waals surface area contributed by atoms with E-state index < -0.39 is 0 Å². The highest BCUT2D eigenvalue weighted by Crippen LogP contribution is 2.27. The Hall–Kier alpha value is -2.53. The Bertz CT molecular complexity index is 1050. The average molecular weight is 339 g/mol. The number of aromatic nitrogens is 6. The summed E-state index contributed by atoms with van der Waals surface area (Å²) in [5.41, 5.74) is 10.8. The van der Waals surface area contributed by atoms with E-state index in [2.05, 4.69) is 46.8 Å². The summed E-state index contributed by atoms with van der Waals surface area (Å²) in [6, 6.07) is 4.12. The number of imidazole rings is 1. The molecule has 8 heteroatoms. The number of hydrogen-bond acceptors (Lipinski definition) is 5. The van der Waals surface area contributed by atoms with E-state index in [4.69, 9.17) is 5.73 Å². The minimum absolute atomic E-state index is 0.251. The van der Waals surface area contributed by atoms with E-state index in [1.807, 2.05) is 25.4 Å². The van der Waals surface area contributed by atoms with Crippen LogP contribution >= 0.6 is 9.24 Å². The van der Waals surface area contributed by atoms with Crippen LogP contribution in [0.5, 0.6) is 0 Å². The van der Waals surface area contributed by atoms with Gasteiger partial charge in [-0.15, -0.1) is 14.3 Å². The highest BCUT2D eigenvalue weighted by molar-refractivity contribution is 7.17. The first-order chi connectivity index (χ1) is 11.5. The van der Waals surface area contributed by atoms with Crippen LogP contribution in [0.4, 0.5) is 5.95 Å². The SMILES string of the molecule is Cc1nc2ncc(-c3ccn4nc(N)ncc34)cc2n1CC(C)P. The molecule has 0 fully saturated rings. The number of anilines is 1. The smallest absolute Gasteiger partial charge is 0.238 e. The van der Waals surface area contributed by atoms with Crippen LogP contribution in [-0.4, -0.2) is 34.8 Å². The van der Waals surface area contributed by atoms with E-state index in [1.54, 1.807) is 10.7 Å². The standard InChI is InChI=1S/C16H18N7P/c1-9(24)8-22-10(2)20-15-13(22)5-11(6-18-15)12-3-4-23-14(12)7-19-16(17)21-23/h3-7,9H,8,24H2,1-2H3,(H2,17,21). The summed E-state index contributed by atoms with van der Waals surface area (Å²) in [6.07, 6.45) is 5.45. The topological polar surface area (TPSA) is 86.9 Å². The van der Waals surface area contributed by atoms with Crippen molar-refractivity contribution in [1.29, 1.82) is 0 Å². The maximum absolute atomic E-state index is 5.65. The van der Waals surface area contributed by atoms with Crippen molar-refractivity contribution in [1.82, 2.24) is 29.1 Å². The lowest BCUT2D eigenvalue weighted by Crippen LogP contribution is -2.07. The Morgan fingerprint density at radius 1 is 1.25 bits per heavy atom. The van der Waals surface area contributed by atoms with Gasteiger partial charge in [-0.3, -0.25) is 0 Å². The molecule has 2 atom stereocenters. The molecule has 24 heavy (non-hydrogen) atoms. The van der Waals surface area contributed by atoms with E-state index in [9.17, 15) is 0 Å². The molecular weight excluding hydrogens is 321 g/mol. The van der Waals surface area contributed by atoms with Crippen molar-refractivity contribution in [2.24, 2.45) is 0 Å². The fraction of sp³-hybridized carbons (Fsp3) is 0.250. The van der Waals surface area contributed by atoms with E-state index in [0.717, 1.165) is 40.2 Å². The van der Waals surface area contributed by atoms with Crippen molar-refractivity contribution in [2.45, 2.75) is 26.1 Å². The predicted molar refractivity (Wildman–Crippen MR) is 97.8 cm³/mol. The molecule has 2 unspecified atom stereocenters. The van der Waals surface area contributed by atoms with Gasteiger partial charge >= 0.3 is 0 Å². The molecule has 0 amide bonds. The van der Waals surface area contributed by atoms with Crippen molar-refractivity contribution in [3.63, 3.8) is 0 Å². The number of nitrogens with two attached hydrogens (primary N) is 1. The Kier molecular flexibility index (Phi) is 3.46. The van der Waals surface area contributed by atoms with Crippen LogP contribution in [0.15, 0.2) is 30.7 Å². The summed E-state index contributed by atoms with van der Waals surface area (Å²) in [5, 5.41) is 4.19. The summed E-state index contributed by atoms with van der Waals surface area (Å²) >= 11 is 0. The third kappa shape index (κ3) is 2.41. The maximum Gasteiger partial charge on any atom is 0.238 e. The molecule has 0 saturated heterocycles. The first kappa shape index (κ1) is 15.0. The zero-order chi connectivity index (χ0) is 16.8. The third-order valence-corrected chi connectivity index (χ3v) is 4.22. The van der Waals surface area contributed by atoms with Crippen LogP contribution in [0.1, 0.15) is 12.7 Å². The van der Waals surface area contributed by atoms with E-state index in [-0.39, 0.29) is 5.95 Å². The number of nitrogen functional groups attached to an aromatic ring is 1. The first-order valence-electron chi connectivity index (χ1n) is 7.71. The van der Waals surface area contributed by atoms with Gasteiger partial charge in [0.05, 0.1) is 17.2 Å². The van der Waals surface area contributed by atoms with E-state index in [1.165, 1.54) is 0 Å². The Balaban J connectivity index is 1.90. The normalized spacial score (nSPS) is 13.0. The lowest BCUT2D eigenvalue weighted by atomic mass is 10.1. The second-order valence-corrected chi connectivity index (χ2v) is 7.13. The Morgan fingerprint density at radius 2 is 2.08 bits per heavy atom. The number of nitrogens with zero attached hydrogens (tertiary/aromatic N) is 6. The van der Waals surface area contributed by atoms with Crippen molar-refractivity contribution < 1.29 is 0 Å². The predicted octanol–water partition coefficient (Wildman–Crippen LogP) is 2.30. The van der Waals surface area contributed by atoms with Gasteiger partial charge in [0.15, 0.2) is 5.65 Å². The molecule has 0 bridgehead atoms. The molecule has 0 aliphatic carbocycles. The number of fused-ring (bicyclic) bond motifs is 2. The molecule has 0 aliphatic heterocycles. The molecule has 0 saturated carbocycles. The van der Waals surface area contributed by atoms with Crippen molar-refractivity contribution in [3.8, 4) is 11.1 Å². The van der Waals surface area contributed by atoms with E-state index >= 15 is 0 Å². The van der Waals surface area contributed by atoms with Crippen LogP contribution in [0.2, 0.25) is 0 Å². The number of hydrogen-bond donors (Lipinski definition) is 1. The van der Waals surface area contributed by atoms with Crippen LogP contribution in [0.3, 0.4) is 0 Å². The highest BCUT2D eigenvalue weighted by atomic mass is 31.0. The number of rotatable bonds is 3.